The molecule has 0 amide bonds. The van der Waals surface area contributed by atoms with Crippen LogP contribution >= 0.6 is 0 Å². The molecular formula is C39H80O5. The Bertz CT molecular complexity index is 491. The largest absolute Gasteiger partial charge is 0.393 e. The van der Waals surface area contributed by atoms with Gasteiger partial charge in [0.15, 0.2) is 6.10 Å². The molecule has 0 heterocycles. The molecule has 0 rings (SSSR count). The molecule has 0 saturated heterocycles. The lowest BCUT2D eigenvalue weighted by molar-refractivity contribution is -0.398. The van der Waals surface area contributed by atoms with Crippen molar-refractivity contribution in [1.82, 2.24) is 0 Å². The van der Waals surface area contributed by atoms with Gasteiger partial charge in [-0.05, 0) is 12.8 Å². The van der Waals surface area contributed by atoms with E-state index in [4.69, 9.17) is 9.47 Å². The van der Waals surface area contributed by atoms with E-state index in [2.05, 4.69) is 13.8 Å². The third-order valence-corrected chi connectivity index (χ3v) is 9.21. The van der Waals surface area contributed by atoms with Crippen LogP contribution in [0.4, 0.5) is 0 Å². The minimum atomic E-state index is -2.11. The van der Waals surface area contributed by atoms with Gasteiger partial charge in [0.05, 0.1) is 19.8 Å². The topological polar surface area (TPSA) is 79.2 Å². The first kappa shape index (κ1) is 43.8. The van der Waals surface area contributed by atoms with Crippen LogP contribution in [-0.2, 0) is 9.47 Å². The zero-order chi connectivity index (χ0) is 32.2. The second kappa shape index (κ2) is 35.7. The van der Waals surface area contributed by atoms with E-state index in [1.165, 1.54) is 180 Å². The summed E-state index contributed by atoms with van der Waals surface area (Å²) in [6, 6.07) is 0. The Morgan fingerprint density at radius 1 is 0.386 bits per heavy atom. The smallest absolute Gasteiger partial charge is 0.310 e. The normalized spacial score (nSPS) is 12.8. The van der Waals surface area contributed by atoms with Gasteiger partial charge >= 0.3 is 5.97 Å². The summed E-state index contributed by atoms with van der Waals surface area (Å²) in [6.45, 7) is 4.62. The van der Waals surface area contributed by atoms with E-state index in [1.54, 1.807) is 0 Å². The number of aliphatic hydroxyl groups excluding tert-OH is 2. The zero-order valence-corrected chi connectivity index (χ0v) is 30.0. The Labute approximate surface area is 275 Å². The molecule has 0 saturated carbocycles. The molecule has 0 fully saturated rings. The van der Waals surface area contributed by atoms with Gasteiger partial charge in [0.25, 0.3) is 0 Å². The summed E-state index contributed by atoms with van der Waals surface area (Å²) in [5.41, 5.74) is 0. The Kier molecular flexibility index (Phi) is 35.5. The maximum absolute atomic E-state index is 10.7. The predicted molar refractivity (Wildman–Crippen MR) is 189 cm³/mol. The number of rotatable bonds is 38. The summed E-state index contributed by atoms with van der Waals surface area (Å²) in [5, 5.41) is 30.2. The van der Waals surface area contributed by atoms with Crippen molar-refractivity contribution < 1.29 is 24.8 Å². The van der Waals surface area contributed by atoms with E-state index in [0.29, 0.717) is 13.2 Å². The molecule has 266 valence electrons. The summed E-state index contributed by atoms with van der Waals surface area (Å²) in [5.74, 6) is -2.11. The van der Waals surface area contributed by atoms with Gasteiger partial charge in [0, 0.05) is 0 Å². The predicted octanol–water partition coefficient (Wildman–Crippen LogP) is 11.5. The van der Waals surface area contributed by atoms with Gasteiger partial charge in [-0.1, -0.05) is 206 Å². The molecule has 0 radical (unpaired) electrons. The number of ether oxygens (including phenoxy) is 2. The molecule has 0 aliphatic carbocycles. The molecule has 1 unspecified atom stereocenters. The van der Waals surface area contributed by atoms with Gasteiger partial charge in [0.1, 0.15) is 0 Å². The highest BCUT2D eigenvalue weighted by Crippen LogP contribution is 2.19. The third kappa shape index (κ3) is 30.5. The number of aliphatic hydroxyl groups is 3. The minimum absolute atomic E-state index is 0.324. The van der Waals surface area contributed by atoms with Crippen LogP contribution in [0.15, 0.2) is 0 Å². The first-order valence-corrected chi connectivity index (χ1v) is 19.9. The van der Waals surface area contributed by atoms with E-state index >= 15 is 0 Å². The Morgan fingerprint density at radius 2 is 0.591 bits per heavy atom. The van der Waals surface area contributed by atoms with Crippen LogP contribution in [0.3, 0.4) is 0 Å². The van der Waals surface area contributed by atoms with Crippen LogP contribution in [0.25, 0.3) is 0 Å². The van der Waals surface area contributed by atoms with Gasteiger partial charge in [0.2, 0.25) is 0 Å². The highest BCUT2D eigenvalue weighted by atomic mass is 16.8. The van der Waals surface area contributed by atoms with Gasteiger partial charge in [-0.25, -0.2) is 0 Å². The Balaban J connectivity index is 3.59. The second-order valence-corrected chi connectivity index (χ2v) is 13.6. The van der Waals surface area contributed by atoms with Crippen LogP contribution in [0.5, 0.6) is 0 Å². The van der Waals surface area contributed by atoms with Crippen molar-refractivity contribution in [2.45, 2.75) is 231 Å². The fraction of sp³-hybridized carbons (Fsp3) is 1.00. The van der Waals surface area contributed by atoms with Gasteiger partial charge < -0.3 is 24.8 Å². The summed E-state index contributed by atoms with van der Waals surface area (Å²) in [4.78, 5) is 0. The summed E-state index contributed by atoms with van der Waals surface area (Å²) >= 11 is 0. The molecule has 5 nitrogen and oxygen atoms in total. The number of hydrogen-bond acceptors (Lipinski definition) is 5. The molecule has 0 bridgehead atoms. The first-order valence-electron chi connectivity index (χ1n) is 19.9. The number of hydrogen-bond donors (Lipinski definition) is 3. The summed E-state index contributed by atoms with van der Waals surface area (Å²) < 4.78 is 11.1. The third-order valence-electron chi connectivity index (χ3n) is 9.21. The van der Waals surface area contributed by atoms with E-state index in [1.807, 2.05) is 0 Å². The molecule has 0 aromatic carbocycles. The van der Waals surface area contributed by atoms with Crippen LogP contribution in [0, 0.1) is 0 Å². The van der Waals surface area contributed by atoms with Crippen molar-refractivity contribution >= 4 is 0 Å². The molecule has 0 aliphatic rings. The molecule has 0 aliphatic heterocycles. The fourth-order valence-corrected chi connectivity index (χ4v) is 6.09. The van der Waals surface area contributed by atoms with E-state index in [0.717, 1.165) is 25.7 Å². The summed E-state index contributed by atoms with van der Waals surface area (Å²) in [6.07, 6.45) is 40.3. The minimum Gasteiger partial charge on any atom is -0.393 e. The standard InChI is InChI=1S/C39H80O5/c1-3-5-7-9-11-13-15-17-19-21-23-25-27-29-31-33-35-43-39(42,38(41)37-40)44-36-34-32-30-28-26-24-22-20-18-16-14-12-10-8-6-4-2/h38,40-42H,3-37H2,1-2H3. The average Bonchev–Trinajstić information content (AvgIpc) is 3.03. The molecule has 0 aromatic heterocycles. The van der Waals surface area contributed by atoms with Crippen LogP contribution in [-0.4, -0.2) is 47.2 Å². The van der Waals surface area contributed by atoms with Crippen molar-refractivity contribution in [1.29, 1.82) is 0 Å². The van der Waals surface area contributed by atoms with Crippen molar-refractivity contribution in [3.05, 3.63) is 0 Å². The van der Waals surface area contributed by atoms with Gasteiger partial charge in [-0.15, -0.1) is 0 Å². The van der Waals surface area contributed by atoms with Gasteiger partial charge in [-0.2, -0.15) is 0 Å². The van der Waals surface area contributed by atoms with E-state index in [-0.39, 0.29) is 0 Å². The molecular weight excluding hydrogens is 548 g/mol. The van der Waals surface area contributed by atoms with Crippen LogP contribution in [0.2, 0.25) is 0 Å². The lowest BCUT2D eigenvalue weighted by Gasteiger charge is -2.31. The zero-order valence-electron chi connectivity index (χ0n) is 30.0. The molecule has 5 heteroatoms. The highest BCUT2D eigenvalue weighted by Gasteiger charge is 2.38. The van der Waals surface area contributed by atoms with Crippen molar-refractivity contribution in [2.24, 2.45) is 0 Å². The van der Waals surface area contributed by atoms with E-state index < -0.39 is 18.7 Å². The first-order chi connectivity index (χ1) is 21.6. The van der Waals surface area contributed by atoms with Crippen molar-refractivity contribution in [3.63, 3.8) is 0 Å². The molecule has 44 heavy (non-hydrogen) atoms. The molecule has 0 aromatic rings. The van der Waals surface area contributed by atoms with Gasteiger partial charge in [-0.3, -0.25) is 0 Å². The molecule has 1 atom stereocenters. The fourth-order valence-electron chi connectivity index (χ4n) is 6.09. The Morgan fingerprint density at radius 3 is 0.795 bits per heavy atom. The lowest BCUT2D eigenvalue weighted by Crippen LogP contribution is -2.49. The molecule has 0 spiro atoms. The summed E-state index contributed by atoms with van der Waals surface area (Å²) in [7, 11) is 0. The average molecular weight is 629 g/mol. The number of unbranched alkanes of at least 4 members (excludes halogenated alkanes) is 30. The quantitative estimate of drug-likeness (QED) is 0.0468. The monoisotopic (exact) mass is 629 g/mol. The maximum atomic E-state index is 10.7. The van der Waals surface area contributed by atoms with Crippen LogP contribution < -0.4 is 0 Å². The lowest BCUT2D eigenvalue weighted by atomic mass is 10.0. The Hall–Kier alpha value is -0.200. The SMILES string of the molecule is CCCCCCCCCCCCCCCCCCOC(O)(OCCCCCCCCCCCCCCCCCC)C(O)CO. The second-order valence-electron chi connectivity index (χ2n) is 13.6. The van der Waals surface area contributed by atoms with Crippen molar-refractivity contribution in [3.8, 4) is 0 Å². The van der Waals surface area contributed by atoms with Crippen LogP contribution in [0.1, 0.15) is 219 Å². The van der Waals surface area contributed by atoms with E-state index in [9.17, 15) is 15.3 Å². The molecule has 3 N–H and O–H groups in total. The maximum Gasteiger partial charge on any atom is 0.310 e. The van der Waals surface area contributed by atoms with Crippen molar-refractivity contribution in [2.75, 3.05) is 19.8 Å². The highest BCUT2D eigenvalue weighted by molar-refractivity contribution is 4.67.